The van der Waals surface area contributed by atoms with Gasteiger partial charge >= 0.3 is 0 Å². The van der Waals surface area contributed by atoms with Gasteiger partial charge in [0.05, 0.1) is 6.54 Å². The Morgan fingerprint density at radius 2 is 1.88 bits per heavy atom. The molecule has 24 heavy (non-hydrogen) atoms. The molecule has 0 aromatic heterocycles. The summed E-state index contributed by atoms with van der Waals surface area (Å²) in [6, 6.07) is 17.0. The minimum absolute atomic E-state index is 0.0509. The number of aryl methyl sites for hydroxylation is 1. The summed E-state index contributed by atoms with van der Waals surface area (Å²) in [5.74, 6) is 0.441. The summed E-state index contributed by atoms with van der Waals surface area (Å²) in [4.78, 5) is 14.7. The van der Waals surface area contributed by atoms with Gasteiger partial charge in [0.15, 0.2) is 0 Å². The molecule has 126 valence electrons. The van der Waals surface area contributed by atoms with Crippen LogP contribution in [0, 0.1) is 0 Å². The molecule has 0 saturated carbocycles. The van der Waals surface area contributed by atoms with Crippen molar-refractivity contribution in [2.45, 2.75) is 38.6 Å². The maximum absolute atomic E-state index is 12.5. The number of rotatable bonds is 5. The van der Waals surface area contributed by atoms with E-state index in [1.165, 1.54) is 16.7 Å². The first-order chi connectivity index (χ1) is 11.6. The number of carbonyl (C=O) groups excluding carboxylic acids is 1. The second-order valence-electron chi connectivity index (χ2n) is 6.96. The predicted octanol–water partition coefficient (Wildman–Crippen LogP) is 4.37. The zero-order chi connectivity index (χ0) is 17.1. The second kappa shape index (κ2) is 7.18. The van der Waals surface area contributed by atoms with E-state index in [1.54, 1.807) is 0 Å². The van der Waals surface area contributed by atoms with E-state index in [-0.39, 0.29) is 5.91 Å². The molecule has 1 aliphatic rings. The molecule has 0 aliphatic heterocycles. The third-order valence-electron chi connectivity index (χ3n) is 4.88. The van der Waals surface area contributed by atoms with Crippen molar-refractivity contribution in [2.75, 3.05) is 18.9 Å². The standard InChI is InChI=1S/C21H26N2O/c1-15(2)17-9-6-7-11-19(17)22-21(24)14-23(3)20-13-12-16-8-4-5-10-18(16)20/h4-11,15,20H,12-14H2,1-3H3,(H,22,24)/t20-/m1/s1. The highest BCUT2D eigenvalue weighted by molar-refractivity contribution is 5.93. The lowest BCUT2D eigenvalue weighted by atomic mass is 10.0. The number of amides is 1. The fraction of sp³-hybridized carbons (Fsp3) is 0.381. The molecule has 0 unspecified atom stereocenters. The van der Waals surface area contributed by atoms with Gasteiger partial charge in [-0.25, -0.2) is 0 Å². The Hall–Kier alpha value is -2.13. The van der Waals surface area contributed by atoms with E-state index in [0.717, 1.165) is 18.5 Å². The number of nitrogens with one attached hydrogen (secondary N) is 1. The molecule has 1 aliphatic carbocycles. The zero-order valence-corrected chi connectivity index (χ0v) is 14.8. The minimum atomic E-state index is 0.0509. The van der Waals surface area contributed by atoms with Crippen LogP contribution in [0.15, 0.2) is 48.5 Å². The van der Waals surface area contributed by atoms with Gasteiger partial charge in [0.1, 0.15) is 0 Å². The van der Waals surface area contributed by atoms with Crippen LogP contribution < -0.4 is 5.32 Å². The van der Waals surface area contributed by atoms with Crippen LogP contribution in [0.2, 0.25) is 0 Å². The molecule has 3 nitrogen and oxygen atoms in total. The quantitative estimate of drug-likeness (QED) is 0.886. The summed E-state index contributed by atoms with van der Waals surface area (Å²) in [6.45, 7) is 4.70. The fourth-order valence-electron chi connectivity index (χ4n) is 3.63. The molecule has 2 aromatic carbocycles. The molecule has 1 atom stereocenters. The normalized spacial score (nSPS) is 16.5. The van der Waals surface area contributed by atoms with Crippen molar-refractivity contribution < 1.29 is 4.79 Å². The molecule has 0 fully saturated rings. The summed E-state index contributed by atoms with van der Waals surface area (Å²) in [7, 11) is 2.04. The highest BCUT2D eigenvalue weighted by atomic mass is 16.2. The average Bonchev–Trinajstić information content (AvgIpc) is 2.99. The maximum Gasteiger partial charge on any atom is 0.238 e. The molecular weight excluding hydrogens is 296 g/mol. The van der Waals surface area contributed by atoms with E-state index in [4.69, 9.17) is 0 Å². The summed E-state index contributed by atoms with van der Waals surface area (Å²) in [5.41, 5.74) is 4.90. The Morgan fingerprint density at radius 3 is 2.67 bits per heavy atom. The number of para-hydroxylation sites is 1. The van der Waals surface area contributed by atoms with Crippen LogP contribution in [0.3, 0.4) is 0 Å². The molecule has 0 heterocycles. The van der Waals surface area contributed by atoms with Crippen LogP contribution in [0.25, 0.3) is 0 Å². The van der Waals surface area contributed by atoms with Crippen molar-refractivity contribution in [1.82, 2.24) is 4.90 Å². The van der Waals surface area contributed by atoms with E-state index in [1.807, 2.05) is 25.2 Å². The summed E-state index contributed by atoms with van der Waals surface area (Å²) < 4.78 is 0. The van der Waals surface area contributed by atoms with E-state index in [9.17, 15) is 4.79 Å². The van der Waals surface area contributed by atoms with Gasteiger partial charge in [-0.15, -0.1) is 0 Å². The van der Waals surface area contributed by atoms with Gasteiger partial charge in [0.25, 0.3) is 0 Å². The molecule has 1 amide bonds. The topological polar surface area (TPSA) is 32.3 Å². The van der Waals surface area contributed by atoms with Crippen molar-refractivity contribution >= 4 is 11.6 Å². The molecule has 0 bridgehead atoms. The predicted molar refractivity (Wildman–Crippen MR) is 99.3 cm³/mol. The van der Waals surface area contributed by atoms with Crippen molar-refractivity contribution in [1.29, 1.82) is 0 Å². The Labute approximate surface area is 144 Å². The summed E-state index contributed by atoms with van der Waals surface area (Å²) in [5, 5.41) is 3.09. The maximum atomic E-state index is 12.5. The average molecular weight is 322 g/mol. The van der Waals surface area contributed by atoms with Crippen LogP contribution in [-0.2, 0) is 11.2 Å². The number of nitrogens with zero attached hydrogens (tertiary/aromatic N) is 1. The fourth-order valence-corrected chi connectivity index (χ4v) is 3.63. The molecule has 0 spiro atoms. The first kappa shape index (κ1) is 16.7. The van der Waals surface area contributed by atoms with Gasteiger partial charge in [-0.2, -0.15) is 0 Å². The summed E-state index contributed by atoms with van der Waals surface area (Å²) in [6.07, 6.45) is 2.19. The van der Waals surface area contributed by atoms with Crippen molar-refractivity contribution in [3.63, 3.8) is 0 Å². The van der Waals surface area contributed by atoms with E-state index < -0.39 is 0 Å². The van der Waals surface area contributed by atoms with Crippen LogP contribution in [0.1, 0.15) is 48.9 Å². The number of fused-ring (bicyclic) bond motifs is 1. The lowest BCUT2D eigenvalue weighted by Gasteiger charge is -2.25. The zero-order valence-electron chi connectivity index (χ0n) is 14.8. The molecule has 3 heteroatoms. The van der Waals surface area contributed by atoms with Crippen LogP contribution in [0.4, 0.5) is 5.69 Å². The number of carbonyl (C=O) groups is 1. The van der Waals surface area contributed by atoms with Crippen molar-refractivity contribution in [2.24, 2.45) is 0 Å². The lowest BCUT2D eigenvalue weighted by molar-refractivity contribution is -0.117. The highest BCUT2D eigenvalue weighted by Gasteiger charge is 2.26. The van der Waals surface area contributed by atoms with Crippen LogP contribution in [0.5, 0.6) is 0 Å². The van der Waals surface area contributed by atoms with Crippen LogP contribution >= 0.6 is 0 Å². The Bertz CT molecular complexity index is 723. The second-order valence-corrected chi connectivity index (χ2v) is 6.96. The first-order valence-corrected chi connectivity index (χ1v) is 8.73. The molecule has 0 saturated heterocycles. The van der Waals surface area contributed by atoms with E-state index >= 15 is 0 Å². The molecular formula is C21H26N2O. The number of hydrogen-bond donors (Lipinski definition) is 1. The van der Waals surface area contributed by atoms with E-state index in [0.29, 0.717) is 18.5 Å². The first-order valence-electron chi connectivity index (χ1n) is 8.73. The Balaban J connectivity index is 1.66. The smallest absolute Gasteiger partial charge is 0.238 e. The number of likely N-dealkylation sites (N-methyl/N-ethyl adjacent to an activating group) is 1. The summed E-state index contributed by atoms with van der Waals surface area (Å²) >= 11 is 0. The minimum Gasteiger partial charge on any atom is -0.325 e. The Morgan fingerprint density at radius 1 is 1.17 bits per heavy atom. The van der Waals surface area contributed by atoms with Crippen molar-refractivity contribution in [3.05, 3.63) is 65.2 Å². The third kappa shape index (κ3) is 3.51. The van der Waals surface area contributed by atoms with Crippen LogP contribution in [-0.4, -0.2) is 24.4 Å². The van der Waals surface area contributed by atoms with Gasteiger partial charge in [-0.1, -0.05) is 56.3 Å². The highest BCUT2D eigenvalue weighted by Crippen LogP contribution is 2.34. The lowest BCUT2D eigenvalue weighted by Crippen LogP contribution is -2.32. The largest absolute Gasteiger partial charge is 0.325 e. The SMILES string of the molecule is CC(C)c1ccccc1NC(=O)CN(C)[C@@H]1CCc2ccccc21. The van der Waals surface area contributed by atoms with Gasteiger partial charge in [-0.3, -0.25) is 9.69 Å². The number of benzene rings is 2. The number of hydrogen-bond acceptors (Lipinski definition) is 2. The molecule has 2 aromatic rings. The third-order valence-corrected chi connectivity index (χ3v) is 4.88. The molecule has 1 N–H and O–H groups in total. The van der Waals surface area contributed by atoms with Gasteiger partial charge < -0.3 is 5.32 Å². The van der Waals surface area contributed by atoms with Gasteiger partial charge in [0, 0.05) is 11.7 Å². The van der Waals surface area contributed by atoms with Crippen molar-refractivity contribution in [3.8, 4) is 0 Å². The number of anilines is 1. The molecule has 3 rings (SSSR count). The monoisotopic (exact) mass is 322 g/mol. The van der Waals surface area contributed by atoms with Gasteiger partial charge in [-0.05, 0) is 48.6 Å². The van der Waals surface area contributed by atoms with Gasteiger partial charge in [0.2, 0.25) is 5.91 Å². The molecule has 0 radical (unpaired) electrons. The van der Waals surface area contributed by atoms with E-state index in [2.05, 4.69) is 54.4 Å². The Kier molecular flexibility index (Phi) is 5.00.